The number of anilines is 2. The van der Waals surface area contributed by atoms with Crippen LogP contribution in [0.15, 0.2) is 48.5 Å². The Kier molecular flexibility index (Phi) is 6.70. The molecule has 156 valence electrons. The SMILES string of the molecule is CCC(CC(=O)O)c1ccccc1N1CCOC(C)(C)C1Nc1ccc(Cl)cc1. The standard InChI is InChI=1S/C23H29ClN2O3/c1-4-16(15-21(27)28)19-7-5-6-8-20(19)26-13-14-29-23(2,3)22(26)25-18-11-9-17(24)10-12-18/h5-12,16,22,25H,4,13-15H2,1-3H3,(H,27,28). The fourth-order valence-corrected chi connectivity index (χ4v) is 4.11. The van der Waals surface area contributed by atoms with Gasteiger partial charge in [-0.15, -0.1) is 0 Å². The molecule has 1 fully saturated rings. The second kappa shape index (κ2) is 9.06. The molecule has 2 N–H and O–H groups in total. The molecule has 0 saturated carbocycles. The van der Waals surface area contributed by atoms with E-state index in [0.29, 0.717) is 11.6 Å². The number of para-hydroxylation sites is 1. The Bertz CT molecular complexity index is 838. The van der Waals surface area contributed by atoms with Crippen LogP contribution in [0.2, 0.25) is 5.02 Å². The van der Waals surface area contributed by atoms with Crippen molar-refractivity contribution in [2.24, 2.45) is 0 Å². The van der Waals surface area contributed by atoms with Crippen molar-refractivity contribution in [2.75, 3.05) is 23.4 Å². The van der Waals surface area contributed by atoms with E-state index in [1.54, 1.807) is 0 Å². The molecule has 6 heteroatoms. The zero-order valence-electron chi connectivity index (χ0n) is 17.2. The number of morpholine rings is 1. The number of nitrogens with one attached hydrogen (secondary N) is 1. The van der Waals surface area contributed by atoms with Gasteiger partial charge in [-0.25, -0.2) is 0 Å². The zero-order chi connectivity index (χ0) is 21.0. The molecule has 0 amide bonds. The maximum Gasteiger partial charge on any atom is 0.303 e. The van der Waals surface area contributed by atoms with E-state index in [1.807, 2.05) is 49.4 Å². The topological polar surface area (TPSA) is 61.8 Å². The van der Waals surface area contributed by atoms with Crippen LogP contribution in [0.1, 0.15) is 45.1 Å². The third kappa shape index (κ3) is 5.03. The van der Waals surface area contributed by atoms with Crippen molar-refractivity contribution in [2.45, 2.75) is 51.3 Å². The highest BCUT2D eigenvalue weighted by molar-refractivity contribution is 6.30. The van der Waals surface area contributed by atoms with Crippen LogP contribution in [0.4, 0.5) is 11.4 Å². The van der Waals surface area contributed by atoms with Gasteiger partial charge in [0.15, 0.2) is 0 Å². The Morgan fingerprint density at radius 3 is 2.62 bits per heavy atom. The lowest BCUT2D eigenvalue weighted by molar-refractivity contribution is -0.137. The van der Waals surface area contributed by atoms with Gasteiger partial charge in [-0.1, -0.05) is 36.7 Å². The fraction of sp³-hybridized carbons (Fsp3) is 0.435. The van der Waals surface area contributed by atoms with Gasteiger partial charge in [0.05, 0.1) is 13.0 Å². The third-order valence-corrected chi connectivity index (χ3v) is 5.78. The highest BCUT2D eigenvalue weighted by atomic mass is 35.5. The van der Waals surface area contributed by atoms with Crippen molar-refractivity contribution in [3.63, 3.8) is 0 Å². The number of hydrogen-bond donors (Lipinski definition) is 2. The van der Waals surface area contributed by atoms with Gasteiger partial charge in [0.2, 0.25) is 0 Å². The van der Waals surface area contributed by atoms with Crippen LogP contribution >= 0.6 is 11.6 Å². The molecule has 1 aliphatic rings. The van der Waals surface area contributed by atoms with Crippen molar-refractivity contribution in [3.8, 4) is 0 Å². The maximum absolute atomic E-state index is 11.4. The second-order valence-electron chi connectivity index (χ2n) is 7.96. The molecule has 3 rings (SSSR count). The van der Waals surface area contributed by atoms with Gasteiger partial charge in [-0.3, -0.25) is 4.79 Å². The van der Waals surface area contributed by atoms with E-state index < -0.39 is 11.6 Å². The van der Waals surface area contributed by atoms with Gasteiger partial charge in [0, 0.05) is 22.9 Å². The summed E-state index contributed by atoms with van der Waals surface area (Å²) < 4.78 is 6.09. The molecular weight excluding hydrogens is 388 g/mol. The van der Waals surface area contributed by atoms with Gasteiger partial charge >= 0.3 is 5.97 Å². The van der Waals surface area contributed by atoms with Crippen LogP contribution in [0.3, 0.4) is 0 Å². The summed E-state index contributed by atoms with van der Waals surface area (Å²) in [5, 5.41) is 13.7. The molecule has 0 spiro atoms. The molecule has 0 bridgehead atoms. The van der Waals surface area contributed by atoms with Crippen molar-refractivity contribution < 1.29 is 14.6 Å². The minimum atomic E-state index is -0.773. The molecule has 0 aromatic heterocycles. The number of nitrogens with zero attached hydrogens (tertiary/aromatic N) is 1. The number of carbonyl (C=O) groups is 1. The minimum absolute atomic E-state index is 0.0363. The first-order valence-electron chi connectivity index (χ1n) is 10.0. The fourth-order valence-electron chi connectivity index (χ4n) is 3.98. The number of carboxylic acid groups (broad SMARTS) is 1. The van der Waals surface area contributed by atoms with E-state index in [9.17, 15) is 9.90 Å². The van der Waals surface area contributed by atoms with Crippen molar-refractivity contribution >= 4 is 28.9 Å². The van der Waals surface area contributed by atoms with Gasteiger partial charge < -0.3 is 20.1 Å². The summed E-state index contributed by atoms with van der Waals surface area (Å²) in [4.78, 5) is 13.7. The molecule has 0 aliphatic carbocycles. The largest absolute Gasteiger partial charge is 0.481 e. The van der Waals surface area contributed by atoms with Gasteiger partial charge in [0.25, 0.3) is 0 Å². The Morgan fingerprint density at radius 2 is 1.97 bits per heavy atom. The number of carboxylic acids is 1. The van der Waals surface area contributed by atoms with Gasteiger partial charge in [0.1, 0.15) is 11.8 Å². The molecule has 2 aromatic rings. The normalized spacial score (nSPS) is 19.6. The highest BCUT2D eigenvalue weighted by Gasteiger charge is 2.40. The number of benzene rings is 2. The summed E-state index contributed by atoms with van der Waals surface area (Å²) in [5.74, 6) is -0.810. The molecule has 2 atom stereocenters. The smallest absolute Gasteiger partial charge is 0.303 e. The van der Waals surface area contributed by atoms with E-state index in [-0.39, 0.29) is 18.5 Å². The Morgan fingerprint density at radius 1 is 1.28 bits per heavy atom. The van der Waals surface area contributed by atoms with Crippen LogP contribution in [0.25, 0.3) is 0 Å². The quantitative estimate of drug-likeness (QED) is 0.636. The first kappa shape index (κ1) is 21.5. The molecule has 1 aliphatic heterocycles. The Balaban J connectivity index is 1.98. The van der Waals surface area contributed by atoms with Crippen LogP contribution in [-0.2, 0) is 9.53 Å². The molecule has 1 heterocycles. The van der Waals surface area contributed by atoms with E-state index in [4.69, 9.17) is 16.3 Å². The third-order valence-electron chi connectivity index (χ3n) is 5.52. The lowest BCUT2D eigenvalue weighted by Gasteiger charge is -2.48. The molecular formula is C23H29ClN2O3. The van der Waals surface area contributed by atoms with Gasteiger partial charge in [-0.2, -0.15) is 0 Å². The lowest BCUT2D eigenvalue weighted by atomic mass is 9.90. The molecule has 5 nitrogen and oxygen atoms in total. The summed E-state index contributed by atoms with van der Waals surface area (Å²) in [6, 6.07) is 15.8. The average molecular weight is 417 g/mol. The average Bonchev–Trinajstić information content (AvgIpc) is 2.69. The summed E-state index contributed by atoms with van der Waals surface area (Å²) >= 11 is 6.04. The Hall–Kier alpha value is -2.24. The van der Waals surface area contributed by atoms with E-state index >= 15 is 0 Å². The predicted octanol–water partition coefficient (Wildman–Crippen LogP) is 5.36. The molecule has 0 radical (unpaired) electrons. The summed E-state index contributed by atoms with van der Waals surface area (Å²) in [6.07, 6.45) is 0.768. The first-order valence-corrected chi connectivity index (χ1v) is 10.4. The van der Waals surface area contributed by atoms with Crippen LogP contribution in [0.5, 0.6) is 0 Å². The summed E-state index contributed by atoms with van der Waals surface area (Å²) in [5.41, 5.74) is 2.64. The monoisotopic (exact) mass is 416 g/mol. The Labute approximate surface area is 177 Å². The number of rotatable bonds is 7. The predicted molar refractivity (Wildman–Crippen MR) is 118 cm³/mol. The number of hydrogen-bond acceptors (Lipinski definition) is 4. The van der Waals surface area contributed by atoms with Crippen LogP contribution in [0, 0.1) is 0 Å². The van der Waals surface area contributed by atoms with E-state index in [2.05, 4.69) is 30.1 Å². The highest BCUT2D eigenvalue weighted by Crippen LogP contribution is 2.37. The number of halogens is 1. The van der Waals surface area contributed by atoms with Gasteiger partial charge in [-0.05, 0) is 62.1 Å². The first-order chi connectivity index (χ1) is 13.8. The summed E-state index contributed by atoms with van der Waals surface area (Å²) in [7, 11) is 0. The molecule has 29 heavy (non-hydrogen) atoms. The maximum atomic E-state index is 11.4. The van der Waals surface area contributed by atoms with Crippen LogP contribution < -0.4 is 10.2 Å². The molecule has 2 aromatic carbocycles. The molecule has 1 saturated heterocycles. The second-order valence-corrected chi connectivity index (χ2v) is 8.40. The van der Waals surface area contributed by atoms with Crippen molar-refractivity contribution in [1.29, 1.82) is 0 Å². The van der Waals surface area contributed by atoms with E-state index in [1.165, 1.54) is 0 Å². The zero-order valence-corrected chi connectivity index (χ0v) is 17.9. The van der Waals surface area contributed by atoms with Crippen molar-refractivity contribution in [1.82, 2.24) is 0 Å². The number of ether oxygens (including phenoxy) is 1. The summed E-state index contributed by atoms with van der Waals surface area (Å²) in [6.45, 7) is 7.51. The van der Waals surface area contributed by atoms with Crippen molar-refractivity contribution in [3.05, 3.63) is 59.1 Å². The van der Waals surface area contributed by atoms with E-state index in [0.717, 1.165) is 29.9 Å². The number of aliphatic carboxylic acids is 1. The minimum Gasteiger partial charge on any atom is -0.481 e. The lowest BCUT2D eigenvalue weighted by Crippen LogP contribution is -2.61. The molecule has 2 unspecified atom stereocenters. The van der Waals surface area contributed by atoms with Crippen LogP contribution in [-0.4, -0.2) is 36.0 Å².